The number of rotatable bonds is 5. The molecule has 4 rings (SSSR count). The van der Waals surface area contributed by atoms with Crippen molar-refractivity contribution >= 4 is 39.2 Å². The molecule has 0 saturated carbocycles. The zero-order valence-corrected chi connectivity index (χ0v) is 16.5. The molecule has 0 N–H and O–H groups in total. The molecule has 29 heavy (non-hydrogen) atoms. The summed E-state index contributed by atoms with van der Waals surface area (Å²) < 4.78 is 1.20. The summed E-state index contributed by atoms with van der Waals surface area (Å²) in [6.45, 7) is 3.70. The third-order valence-electron chi connectivity index (χ3n) is 4.88. The van der Waals surface area contributed by atoms with Crippen LogP contribution < -0.4 is 0 Å². The summed E-state index contributed by atoms with van der Waals surface area (Å²) in [5, 5.41) is 11.9. The summed E-state index contributed by atoms with van der Waals surface area (Å²) in [5.74, 6) is -0.0730. The van der Waals surface area contributed by atoms with Crippen LogP contribution in [0, 0.1) is 10.1 Å². The van der Waals surface area contributed by atoms with Gasteiger partial charge in [0.25, 0.3) is 5.69 Å². The van der Waals surface area contributed by atoms with Gasteiger partial charge in [0.05, 0.1) is 21.7 Å². The van der Waals surface area contributed by atoms with Crippen LogP contribution in [0.1, 0.15) is 10.6 Å². The maximum Gasteiger partial charge on any atom is 0.270 e. The number of nitro groups is 1. The normalized spacial score (nSPS) is 15.2. The lowest BCUT2D eigenvalue weighted by Gasteiger charge is -2.33. The smallest absolute Gasteiger partial charge is 0.270 e. The quantitative estimate of drug-likeness (QED) is 0.366. The van der Waals surface area contributed by atoms with Crippen LogP contribution in [0.15, 0.2) is 54.6 Å². The molecule has 0 aliphatic carbocycles. The Morgan fingerprint density at radius 2 is 1.93 bits per heavy atom. The number of aromatic nitrogens is 1. The van der Waals surface area contributed by atoms with Gasteiger partial charge in [-0.1, -0.05) is 24.3 Å². The molecule has 2 aromatic carbocycles. The Morgan fingerprint density at radius 1 is 1.14 bits per heavy atom. The predicted molar refractivity (Wildman–Crippen MR) is 114 cm³/mol. The van der Waals surface area contributed by atoms with Crippen LogP contribution in [0.5, 0.6) is 0 Å². The molecule has 3 aromatic rings. The lowest BCUT2D eigenvalue weighted by atomic mass is 10.2. The fourth-order valence-electron chi connectivity index (χ4n) is 3.32. The molecule has 0 unspecified atom stereocenters. The number of nitrogens with zero attached hydrogens (tertiary/aromatic N) is 4. The number of nitro benzene ring substituents is 1. The molecular weight excluding hydrogens is 388 g/mol. The molecule has 8 heteroatoms. The first-order valence-corrected chi connectivity index (χ1v) is 10.2. The van der Waals surface area contributed by atoms with E-state index in [-0.39, 0.29) is 11.6 Å². The average molecular weight is 408 g/mol. The van der Waals surface area contributed by atoms with Gasteiger partial charge in [-0.05, 0) is 23.8 Å². The van der Waals surface area contributed by atoms with Gasteiger partial charge in [-0.2, -0.15) is 0 Å². The van der Waals surface area contributed by atoms with Crippen LogP contribution in [0.4, 0.5) is 5.69 Å². The number of carbonyl (C=O) groups excluding carboxylic acids is 1. The average Bonchev–Trinajstić information content (AvgIpc) is 3.15. The molecule has 0 radical (unpaired) electrons. The van der Waals surface area contributed by atoms with Crippen LogP contribution in [0.3, 0.4) is 0 Å². The highest BCUT2D eigenvalue weighted by atomic mass is 32.1. The molecule has 1 aromatic heterocycles. The first kappa shape index (κ1) is 19.2. The highest BCUT2D eigenvalue weighted by molar-refractivity contribution is 7.18. The molecule has 0 atom stereocenters. The maximum absolute atomic E-state index is 12.4. The van der Waals surface area contributed by atoms with Crippen molar-refractivity contribution in [1.82, 2.24) is 14.8 Å². The highest BCUT2D eigenvalue weighted by Gasteiger charge is 2.20. The Kier molecular flexibility index (Phi) is 5.64. The summed E-state index contributed by atoms with van der Waals surface area (Å²) in [5.41, 5.74) is 1.69. The topological polar surface area (TPSA) is 79.6 Å². The third kappa shape index (κ3) is 4.67. The highest BCUT2D eigenvalue weighted by Crippen LogP contribution is 2.23. The molecule has 148 valence electrons. The van der Waals surface area contributed by atoms with Crippen LogP contribution in [-0.4, -0.2) is 51.8 Å². The molecule has 0 spiro atoms. The van der Waals surface area contributed by atoms with Crippen molar-refractivity contribution in [3.05, 3.63) is 75.3 Å². The monoisotopic (exact) mass is 408 g/mol. The van der Waals surface area contributed by atoms with E-state index < -0.39 is 4.92 Å². The summed E-state index contributed by atoms with van der Waals surface area (Å²) in [7, 11) is 0. The fraction of sp³-hybridized carbons (Fsp3) is 0.238. The second-order valence-corrected chi connectivity index (χ2v) is 7.98. The molecule has 2 heterocycles. The van der Waals surface area contributed by atoms with E-state index in [1.807, 2.05) is 23.1 Å². The molecule has 7 nitrogen and oxygen atoms in total. The molecule has 1 fully saturated rings. The summed E-state index contributed by atoms with van der Waals surface area (Å²) in [6.07, 6.45) is 3.12. The van der Waals surface area contributed by atoms with Gasteiger partial charge in [0.15, 0.2) is 0 Å². The van der Waals surface area contributed by atoms with E-state index in [9.17, 15) is 14.9 Å². The molecule has 0 bridgehead atoms. The predicted octanol–water partition coefficient (Wildman–Crippen LogP) is 3.56. The van der Waals surface area contributed by atoms with Crippen LogP contribution in [0.2, 0.25) is 0 Å². The van der Waals surface area contributed by atoms with Crippen molar-refractivity contribution in [1.29, 1.82) is 0 Å². The number of hydrogen-bond acceptors (Lipinski definition) is 6. The summed E-state index contributed by atoms with van der Waals surface area (Å²) in [4.78, 5) is 31.7. The molecule has 1 saturated heterocycles. The van der Waals surface area contributed by atoms with Crippen molar-refractivity contribution in [2.45, 2.75) is 6.54 Å². The van der Waals surface area contributed by atoms with Gasteiger partial charge in [-0.15, -0.1) is 11.3 Å². The van der Waals surface area contributed by atoms with Crippen LogP contribution in [0.25, 0.3) is 16.3 Å². The fourth-order valence-corrected chi connectivity index (χ4v) is 4.33. The SMILES string of the molecule is O=C(C=Cc1cccc([N+](=O)[O-])c1)N1CCN(Cc2nc3ccccc3s2)CC1. The number of fused-ring (bicyclic) bond motifs is 1. The van der Waals surface area contributed by atoms with Crippen molar-refractivity contribution < 1.29 is 9.72 Å². The number of hydrogen-bond donors (Lipinski definition) is 0. The van der Waals surface area contributed by atoms with E-state index in [1.165, 1.54) is 22.9 Å². The van der Waals surface area contributed by atoms with Crippen LogP contribution >= 0.6 is 11.3 Å². The van der Waals surface area contributed by atoms with E-state index in [1.54, 1.807) is 29.5 Å². The Balaban J connectivity index is 1.31. The Bertz CT molecular complexity index is 1040. The van der Waals surface area contributed by atoms with Crippen molar-refractivity contribution in [3.8, 4) is 0 Å². The number of para-hydroxylation sites is 1. The summed E-state index contributed by atoms with van der Waals surface area (Å²) >= 11 is 1.71. The minimum absolute atomic E-state index is 0.0167. The second-order valence-electron chi connectivity index (χ2n) is 6.86. The van der Waals surface area contributed by atoms with Gasteiger partial charge >= 0.3 is 0 Å². The number of non-ortho nitro benzene ring substituents is 1. The lowest BCUT2D eigenvalue weighted by Crippen LogP contribution is -2.47. The van der Waals surface area contributed by atoms with Crippen molar-refractivity contribution in [2.24, 2.45) is 0 Å². The Labute approximate surface area is 172 Å². The zero-order valence-electron chi connectivity index (χ0n) is 15.7. The minimum Gasteiger partial charge on any atom is -0.337 e. The van der Waals surface area contributed by atoms with Crippen molar-refractivity contribution in [2.75, 3.05) is 26.2 Å². The van der Waals surface area contributed by atoms with E-state index in [2.05, 4.69) is 16.0 Å². The van der Waals surface area contributed by atoms with Gasteiger partial charge in [-0.25, -0.2) is 4.98 Å². The molecule has 1 aliphatic heterocycles. The number of benzene rings is 2. The van der Waals surface area contributed by atoms with E-state index >= 15 is 0 Å². The number of piperazine rings is 1. The third-order valence-corrected chi connectivity index (χ3v) is 5.90. The standard InChI is InChI=1S/C21H20N4O3S/c26-21(9-8-16-4-3-5-17(14-16)25(27)28)24-12-10-23(11-13-24)15-20-22-18-6-1-2-7-19(18)29-20/h1-9,14H,10-13,15H2. The largest absolute Gasteiger partial charge is 0.337 e. The van der Waals surface area contributed by atoms with E-state index in [4.69, 9.17) is 0 Å². The first-order chi connectivity index (χ1) is 14.1. The van der Waals surface area contributed by atoms with Gasteiger partial charge < -0.3 is 4.90 Å². The lowest BCUT2D eigenvalue weighted by molar-refractivity contribution is -0.384. The molecule has 1 aliphatic rings. The molecular formula is C21H20N4O3S. The van der Waals surface area contributed by atoms with Crippen LogP contribution in [-0.2, 0) is 11.3 Å². The van der Waals surface area contributed by atoms with Crippen molar-refractivity contribution in [3.63, 3.8) is 0 Å². The summed E-state index contributed by atoms with van der Waals surface area (Å²) in [6, 6.07) is 14.4. The Hall–Kier alpha value is -3.10. The maximum atomic E-state index is 12.4. The number of amides is 1. The molecule has 1 amide bonds. The number of thiazole rings is 1. The minimum atomic E-state index is -0.441. The van der Waals surface area contributed by atoms with Gasteiger partial charge in [0.1, 0.15) is 5.01 Å². The van der Waals surface area contributed by atoms with Gasteiger partial charge in [0.2, 0.25) is 5.91 Å². The first-order valence-electron chi connectivity index (χ1n) is 9.37. The van der Waals surface area contributed by atoms with E-state index in [0.717, 1.165) is 30.2 Å². The zero-order chi connectivity index (χ0) is 20.2. The van der Waals surface area contributed by atoms with Gasteiger partial charge in [-0.3, -0.25) is 19.8 Å². The van der Waals surface area contributed by atoms with Gasteiger partial charge in [0, 0.05) is 44.4 Å². The second kappa shape index (κ2) is 8.50. The van der Waals surface area contributed by atoms with E-state index in [0.29, 0.717) is 18.7 Å². The Morgan fingerprint density at radius 3 is 2.69 bits per heavy atom. The number of carbonyl (C=O) groups is 1.